The van der Waals surface area contributed by atoms with Gasteiger partial charge in [0.15, 0.2) is 0 Å². The van der Waals surface area contributed by atoms with E-state index in [9.17, 15) is 0 Å². The Hall–Kier alpha value is -0.720. The summed E-state index contributed by atoms with van der Waals surface area (Å²) in [5.74, 6) is 2.68. The van der Waals surface area contributed by atoms with Gasteiger partial charge < -0.3 is 5.73 Å². The monoisotopic (exact) mass is 405 g/mol. The summed E-state index contributed by atoms with van der Waals surface area (Å²) in [4.78, 5) is 0. The van der Waals surface area contributed by atoms with E-state index in [1.807, 2.05) is 0 Å². The van der Waals surface area contributed by atoms with Gasteiger partial charge in [0.2, 0.25) is 0 Å². The lowest BCUT2D eigenvalue weighted by Gasteiger charge is -2.22. The van der Waals surface area contributed by atoms with E-state index in [0.717, 1.165) is 23.5 Å². The molecule has 0 aromatic carbocycles. The van der Waals surface area contributed by atoms with Crippen LogP contribution >= 0.6 is 0 Å². The van der Waals surface area contributed by atoms with Gasteiger partial charge in [0.1, 0.15) is 0 Å². The van der Waals surface area contributed by atoms with Crippen LogP contribution in [0, 0.1) is 17.8 Å². The second kappa shape index (κ2) is 19.3. The van der Waals surface area contributed by atoms with E-state index in [0.29, 0.717) is 0 Å². The molecule has 1 heteroatoms. The summed E-state index contributed by atoms with van der Waals surface area (Å²) in [5, 5.41) is 0. The Morgan fingerprint density at radius 1 is 0.621 bits per heavy atom. The van der Waals surface area contributed by atoms with E-state index in [1.165, 1.54) is 102 Å². The highest BCUT2D eigenvalue weighted by atomic mass is 14.6. The van der Waals surface area contributed by atoms with E-state index in [-0.39, 0.29) is 0 Å². The maximum atomic E-state index is 6.28. The highest BCUT2D eigenvalue weighted by Gasteiger charge is 2.15. The first-order valence-electron chi connectivity index (χ1n) is 13.1. The van der Waals surface area contributed by atoms with E-state index in [1.54, 1.807) is 0 Å². The van der Waals surface area contributed by atoms with Crippen LogP contribution in [-0.4, -0.2) is 0 Å². The molecule has 0 radical (unpaired) electrons. The molecule has 0 saturated heterocycles. The van der Waals surface area contributed by atoms with Crippen molar-refractivity contribution < 1.29 is 0 Å². The summed E-state index contributed by atoms with van der Waals surface area (Å²) in [5.41, 5.74) is 8.63. The Balaban J connectivity index is 4.71. The molecule has 1 nitrogen and oxygen atoms in total. The van der Waals surface area contributed by atoms with Gasteiger partial charge in [-0.1, -0.05) is 130 Å². The van der Waals surface area contributed by atoms with Crippen LogP contribution in [-0.2, 0) is 0 Å². The van der Waals surface area contributed by atoms with E-state index >= 15 is 0 Å². The largest absolute Gasteiger partial charge is 0.399 e. The topological polar surface area (TPSA) is 26.0 Å². The fourth-order valence-corrected chi connectivity index (χ4v) is 4.73. The molecule has 2 atom stereocenters. The van der Waals surface area contributed by atoms with Crippen LogP contribution in [0.25, 0.3) is 0 Å². The molecule has 0 bridgehead atoms. The molecular formula is C28H55N. The number of allylic oxidation sites excluding steroid dienone is 3. The Morgan fingerprint density at radius 3 is 1.38 bits per heavy atom. The van der Waals surface area contributed by atoms with Crippen LogP contribution in [0.4, 0.5) is 0 Å². The lowest BCUT2D eigenvalue weighted by molar-refractivity contribution is 0.339. The van der Waals surface area contributed by atoms with Crippen molar-refractivity contribution in [2.45, 2.75) is 138 Å². The van der Waals surface area contributed by atoms with Gasteiger partial charge in [0, 0.05) is 5.70 Å². The minimum atomic E-state index is 0.798. The summed E-state index contributed by atoms with van der Waals surface area (Å²) in [6, 6.07) is 0. The van der Waals surface area contributed by atoms with Crippen LogP contribution in [0.1, 0.15) is 138 Å². The SMILES string of the molecule is C/C=C(CC(CCCC(CC)CCCC)CCCC(CC)CCCC)\C(N)=C/C. The Morgan fingerprint density at radius 2 is 1.03 bits per heavy atom. The second-order valence-corrected chi connectivity index (χ2v) is 9.32. The Bertz CT molecular complexity index is 398. The molecule has 0 amide bonds. The van der Waals surface area contributed by atoms with Crippen molar-refractivity contribution in [3.05, 3.63) is 23.4 Å². The Kier molecular flexibility index (Phi) is 18.8. The van der Waals surface area contributed by atoms with Crippen LogP contribution in [0.5, 0.6) is 0 Å². The zero-order valence-corrected chi connectivity index (χ0v) is 21.1. The fourth-order valence-electron chi connectivity index (χ4n) is 4.73. The molecule has 0 aliphatic heterocycles. The molecule has 29 heavy (non-hydrogen) atoms. The third-order valence-electron chi connectivity index (χ3n) is 7.07. The third-order valence-corrected chi connectivity index (χ3v) is 7.07. The number of hydrogen-bond acceptors (Lipinski definition) is 1. The van der Waals surface area contributed by atoms with Gasteiger partial charge in [-0.3, -0.25) is 0 Å². The first kappa shape index (κ1) is 28.3. The molecule has 0 fully saturated rings. The van der Waals surface area contributed by atoms with Gasteiger partial charge in [-0.05, 0) is 43.6 Å². The zero-order chi connectivity index (χ0) is 21.9. The summed E-state index contributed by atoms with van der Waals surface area (Å²) >= 11 is 0. The number of rotatable bonds is 19. The minimum Gasteiger partial charge on any atom is -0.399 e. The van der Waals surface area contributed by atoms with Gasteiger partial charge in [-0.25, -0.2) is 0 Å². The lowest BCUT2D eigenvalue weighted by Crippen LogP contribution is -2.10. The molecule has 2 unspecified atom stereocenters. The quantitative estimate of drug-likeness (QED) is 0.213. The van der Waals surface area contributed by atoms with Gasteiger partial charge >= 0.3 is 0 Å². The summed E-state index contributed by atoms with van der Waals surface area (Å²) in [6.45, 7) is 13.6. The first-order chi connectivity index (χ1) is 14.1. The Labute approximate surface area is 185 Å². The maximum absolute atomic E-state index is 6.28. The molecule has 0 spiro atoms. The summed E-state index contributed by atoms with van der Waals surface area (Å²) in [7, 11) is 0. The predicted molar refractivity (Wildman–Crippen MR) is 134 cm³/mol. The fraction of sp³-hybridized carbons (Fsp3) is 0.857. The summed E-state index contributed by atoms with van der Waals surface area (Å²) < 4.78 is 0. The van der Waals surface area contributed by atoms with E-state index < -0.39 is 0 Å². The van der Waals surface area contributed by atoms with E-state index in [2.05, 4.69) is 53.7 Å². The molecular weight excluding hydrogens is 350 g/mol. The molecule has 0 rings (SSSR count). The average Bonchev–Trinajstić information content (AvgIpc) is 2.75. The second-order valence-electron chi connectivity index (χ2n) is 9.32. The van der Waals surface area contributed by atoms with Crippen LogP contribution in [0.15, 0.2) is 23.4 Å². The molecule has 172 valence electrons. The number of unbranched alkanes of at least 4 members (excludes halogenated alkanes) is 2. The molecule has 0 heterocycles. The minimum absolute atomic E-state index is 0.798. The average molecular weight is 406 g/mol. The van der Waals surface area contributed by atoms with Crippen molar-refractivity contribution in [3.8, 4) is 0 Å². The standard InChI is InChI=1S/C28H55N/c1-7-13-17-24(9-3)19-15-21-26(23-27(11-5)28(29)12-6)22-16-20-25(10-4)18-14-8-2/h11-12,24-26H,7-10,13-23,29H2,1-6H3/b27-11-,28-12+. The van der Waals surface area contributed by atoms with Gasteiger partial charge in [0.05, 0.1) is 0 Å². The van der Waals surface area contributed by atoms with Crippen molar-refractivity contribution in [1.82, 2.24) is 0 Å². The zero-order valence-electron chi connectivity index (χ0n) is 21.1. The number of hydrogen-bond donors (Lipinski definition) is 1. The third kappa shape index (κ3) is 14.0. The van der Waals surface area contributed by atoms with Gasteiger partial charge in [0.25, 0.3) is 0 Å². The maximum Gasteiger partial charge on any atom is 0.0299 e. The molecule has 0 saturated carbocycles. The molecule has 2 N–H and O–H groups in total. The van der Waals surface area contributed by atoms with Crippen LogP contribution in [0.3, 0.4) is 0 Å². The first-order valence-corrected chi connectivity index (χ1v) is 13.1. The van der Waals surface area contributed by atoms with Crippen LogP contribution < -0.4 is 5.73 Å². The normalized spacial score (nSPS) is 16.1. The van der Waals surface area contributed by atoms with Crippen molar-refractivity contribution in [2.75, 3.05) is 0 Å². The smallest absolute Gasteiger partial charge is 0.0299 e. The highest BCUT2D eigenvalue weighted by molar-refractivity contribution is 5.27. The predicted octanol–water partition coefficient (Wildman–Crippen LogP) is 9.57. The van der Waals surface area contributed by atoms with Crippen molar-refractivity contribution in [3.63, 3.8) is 0 Å². The van der Waals surface area contributed by atoms with Gasteiger partial charge in [-0.15, -0.1) is 0 Å². The van der Waals surface area contributed by atoms with Crippen LogP contribution in [0.2, 0.25) is 0 Å². The van der Waals surface area contributed by atoms with Crippen molar-refractivity contribution in [2.24, 2.45) is 23.5 Å². The molecule has 0 aromatic heterocycles. The number of nitrogens with two attached hydrogens (primary N) is 1. The molecule has 0 aliphatic carbocycles. The molecule has 0 aliphatic rings. The highest BCUT2D eigenvalue weighted by Crippen LogP contribution is 2.30. The molecule has 0 aromatic rings. The van der Waals surface area contributed by atoms with E-state index in [4.69, 9.17) is 5.73 Å². The van der Waals surface area contributed by atoms with Crippen molar-refractivity contribution >= 4 is 0 Å². The lowest BCUT2D eigenvalue weighted by atomic mass is 9.84. The summed E-state index contributed by atoms with van der Waals surface area (Å²) in [6.07, 6.45) is 24.9. The van der Waals surface area contributed by atoms with Gasteiger partial charge in [-0.2, -0.15) is 0 Å². The van der Waals surface area contributed by atoms with Crippen molar-refractivity contribution in [1.29, 1.82) is 0 Å².